The molecule has 322 valence electrons. The fourth-order valence-corrected chi connectivity index (χ4v) is 9.34. The van der Waals surface area contributed by atoms with Crippen molar-refractivity contribution in [3.05, 3.63) is 48.0 Å². The average molecular weight is 829 g/mol. The first kappa shape index (κ1) is 46.2. The summed E-state index contributed by atoms with van der Waals surface area (Å²) in [5.74, 6) is -3.33. The van der Waals surface area contributed by atoms with Gasteiger partial charge in [-0.05, 0) is 63.0 Å². The molecule has 3 aliphatic rings. The van der Waals surface area contributed by atoms with Gasteiger partial charge in [-0.3, -0.25) is 19.2 Å². The summed E-state index contributed by atoms with van der Waals surface area (Å²) < 4.78 is 31.8. The zero-order valence-corrected chi connectivity index (χ0v) is 36.1. The van der Waals surface area contributed by atoms with E-state index in [-0.39, 0.29) is 31.7 Å². The lowest BCUT2D eigenvalue weighted by atomic mass is 9.83. The number of urea groups is 1. The summed E-state index contributed by atoms with van der Waals surface area (Å²) >= 11 is 0. The minimum absolute atomic E-state index is 0.0558. The van der Waals surface area contributed by atoms with E-state index in [0.29, 0.717) is 38.8 Å². The minimum atomic E-state index is -3.63. The molecule has 1 aliphatic carbocycles. The lowest BCUT2D eigenvalue weighted by molar-refractivity contribution is -0.143. The first-order valence-electron chi connectivity index (χ1n) is 20.5. The molecule has 16 heteroatoms. The molecule has 2 aliphatic heterocycles. The third-order valence-corrected chi connectivity index (χ3v) is 14.1. The summed E-state index contributed by atoms with van der Waals surface area (Å²) in [5, 5.41) is 10.9. The van der Waals surface area contributed by atoms with Crippen LogP contribution >= 0.6 is 0 Å². The fourth-order valence-electron chi connectivity index (χ4n) is 7.82. The van der Waals surface area contributed by atoms with Crippen molar-refractivity contribution in [2.24, 2.45) is 5.41 Å². The van der Waals surface area contributed by atoms with Gasteiger partial charge in [-0.1, -0.05) is 83.7 Å². The fraction of sp³-hybridized carbons (Fsp3) is 0.667. The molecular weight excluding hydrogens is 765 g/mol. The van der Waals surface area contributed by atoms with Crippen molar-refractivity contribution in [1.82, 2.24) is 31.1 Å². The van der Waals surface area contributed by atoms with Gasteiger partial charge in [-0.25, -0.2) is 18.0 Å². The summed E-state index contributed by atoms with van der Waals surface area (Å²) in [4.78, 5) is 85.0. The first-order valence-corrected chi connectivity index (χ1v) is 22.1. The number of benzene rings is 1. The number of amides is 6. The Balaban J connectivity index is 1.60. The molecule has 2 fully saturated rings. The molecule has 2 heterocycles. The Morgan fingerprint density at radius 2 is 1.64 bits per heavy atom. The highest BCUT2D eigenvalue weighted by Crippen LogP contribution is 2.33. The van der Waals surface area contributed by atoms with Crippen LogP contribution in [0.2, 0.25) is 0 Å². The van der Waals surface area contributed by atoms with E-state index in [1.807, 2.05) is 24.3 Å². The monoisotopic (exact) mass is 828 g/mol. The molecule has 4 N–H and O–H groups in total. The number of Topliss-reactive ketones (excluding diaryl/α,β-unsaturated/α-hetero) is 1. The Morgan fingerprint density at radius 3 is 2.24 bits per heavy atom. The molecule has 1 aromatic carbocycles. The van der Waals surface area contributed by atoms with Crippen LogP contribution in [0.3, 0.4) is 0 Å². The molecule has 0 bridgehead atoms. The highest BCUT2D eigenvalue weighted by atomic mass is 32.2. The number of ether oxygens (including phenoxy) is 1. The summed E-state index contributed by atoms with van der Waals surface area (Å²) in [6.45, 7) is 16.1. The second kappa shape index (κ2) is 19.1. The largest absolute Gasteiger partial charge is 0.444 e. The smallest absolute Gasteiger partial charge is 0.410 e. The molecule has 1 aromatic rings. The number of rotatable bonds is 14. The number of likely N-dealkylation sites (tertiary alicyclic amines) is 1. The third kappa shape index (κ3) is 11.6. The number of nitrogens with zero attached hydrogens (tertiary/aromatic N) is 2. The Labute approximate surface area is 343 Å². The molecule has 2 unspecified atom stereocenters. The maximum atomic E-state index is 14.7. The van der Waals surface area contributed by atoms with E-state index in [9.17, 15) is 37.2 Å². The number of carbonyl (C=O) groups excluding carboxylic acids is 6. The average Bonchev–Trinajstić information content (AvgIpc) is 3.58. The van der Waals surface area contributed by atoms with Gasteiger partial charge in [0, 0.05) is 26.1 Å². The summed E-state index contributed by atoms with van der Waals surface area (Å²) in [6, 6.07) is 3.47. The van der Waals surface area contributed by atoms with E-state index in [1.54, 1.807) is 53.4 Å². The standard InChI is InChI=1S/C42H64N6O9S/c1-9-16-31(33(49)36(51)43-22-10-2)44-35(50)32-24-30(57-39(54)47-23-19-28-17-12-13-18-29(28)25-47)26-48(32)37(52)34(40(3,4)5)45-38(53)46-42(20-14-11-15-21-42)27-58(55,56)41(6,7)8/h10,12-13,17-18,30-32,34H,2,9,11,14-16,19-27H2,1,3-8H3,(H,43,51)(H,44,50)(H2,45,46,53)/t30-,31?,32+,34?/m1/s1. The molecule has 58 heavy (non-hydrogen) atoms. The van der Waals surface area contributed by atoms with Crippen molar-refractivity contribution in [2.75, 3.05) is 25.4 Å². The minimum Gasteiger partial charge on any atom is -0.444 e. The quantitative estimate of drug-likeness (QED) is 0.159. The molecule has 4 rings (SSSR count). The summed E-state index contributed by atoms with van der Waals surface area (Å²) in [5.41, 5.74) is 0.193. The van der Waals surface area contributed by atoms with E-state index in [2.05, 4.69) is 27.8 Å². The Bertz CT molecular complexity index is 1810. The van der Waals surface area contributed by atoms with E-state index >= 15 is 0 Å². The van der Waals surface area contributed by atoms with Gasteiger partial charge in [0.1, 0.15) is 18.2 Å². The van der Waals surface area contributed by atoms with Crippen molar-refractivity contribution in [1.29, 1.82) is 0 Å². The number of ketones is 1. The molecule has 0 radical (unpaired) electrons. The van der Waals surface area contributed by atoms with Gasteiger partial charge < -0.3 is 35.8 Å². The maximum Gasteiger partial charge on any atom is 0.410 e. The lowest BCUT2D eigenvalue weighted by Crippen LogP contribution is -2.63. The highest BCUT2D eigenvalue weighted by molar-refractivity contribution is 7.92. The molecule has 6 amide bonds. The van der Waals surface area contributed by atoms with Gasteiger partial charge in [0.05, 0.1) is 28.6 Å². The molecule has 4 atom stereocenters. The second-order valence-corrected chi connectivity index (χ2v) is 20.8. The van der Waals surface area contributed by atoms with Crippen molar-refractivity contribution < 1.29 is 41.9 Å². The Morgan fingerprint density at radius 1 is 0.983 bits per heavy atom. The van der Waals surface area contributed by atoms with Crippen LogP contribution in [0, 0.1) is 5.41 Å². The van der Waals surface area contributed by atoms with Gasteiger partial charge in [-0.2, -0.15) is 0 Å². The van der Waals surface area contributed by atoms with Crippen molar-refractivity contribution >= 4 is 45.5 Å². The predicted molar refractivity (Wildman–Crippen MR) is 220 cm³/mol. The van der Waals surface area contributed by atoms with E-state index in [4.69, 9.17) is 4.74 Å². The molecular formula is C42H64N6O9S. The van der Waals surface area contributed by atoms with Crippen molar-refractivity contribution in [3.63, 3.8) is 0 Å². The highest BCUT2D eigenvalue weighted by Gasteiger charge is 2.48. The number of hydrogen-bond acceptors (Lipinski definition) is 9. The normalized spacial score (nSPS) is 20.5. The zero-order chi connectivity index (χ0) is 43.1. The molecule has 1 saturated heterocycles. The number of carbonyl (C=O) groups is 6. The predicted octanol–water partition coefficient (Wildman–Crippen LogP) is 3.94. The van der Waals surface area contributed by atoms with E-state index < -0.39 is 85.4 Å². The molecule has 1 saturated carbocycles. The van der Waals surface area contributed by atoms with Gasteiger partial charge >= 0.3 is 12.1 Å². The molecule has 0 aromatic heterocycles. The van der Waals surface area contributed by atoms with Crippen LogP contribution in [-0.4, -0.2) is 114 Å². The van der Waals surface area contributed by atoms with E-state index in [1.165, 1.54) is 11.0 Å². The number of nitrogens with one attached hydrogen (secondary N) is 4. The first-order chi connectivity index (χ1) is 27.1. The van der Waals surface area contributed by atoms with Crippen LogP contribution in [0.15, 0.2) is 36.9 Å². The SMILES string of the molecule is C=CCNC(=O)C(=O)C(CCC)NC(=O)[C@@H]1C[C@@H](OC(=O)N2CCc3ccccc3C2)CN1C(=O)C(NC(=O)NC1(CS(=O)(=O)C(C)(C)C)CCCCC1)C(C)(C)C. The van der Waals surface area contributed by atoms with Crippen LogP contribution in [0.5, 0.6) is 0 Å². The van der Waals surface area contributed by atoms with Crippen molar-refractivity contribution in [2.45, 2.75) is 147 Å². The Hall–Kier alpha value is -4.47. The van der Waals surface area contributed by atoms with Gasteiger partial charge in [0.2, 0.25) is 17.6 Å². The van der Waals surface area contributed by atoms with Crippen molar-refractivity contribution in [3.8, 4) is 0 Å². The van der Waals surface area contributed by atoms with Crippen LogP contribution in [0.25, 0.3) is 0 Å². The second-order valence-electron chi connectivity index (χ2n) is 18.0. The van der Waals surface area contributed by atoms with Crippen LogP contribution in [-0.2, 0) is 46.7 Å². The van der Waals surface area contributed by atoms with Gasteiger partial charge in [-0.15, -0.1) is 6.58 Å². The molecule has 15 nitrogen and oxygen atoms in total. The molecule has 0 spiro atoms. The van der Waals surface area contributed by atoms with Crippen LogP contribution in [0.4, 0.5) is 9.59 Å². The maximum absolute atomic E-state index is 14.7. The Kier molecular flexibility index (Phi) is 15.2. The summed E-state index contributed by atoms with van der Waals surface area (Å²) in [6.07, 6.45) is 4.35. The number of sulfone groups is 1. The number of hydrogen-bond donors (Lipinski definition) is 4. The summed E-state index contributed by atoms with van der Waals surface area (Å²) in [7, 11) is -3.63. The van der Waals surface area contributed by atoms with E-state index in [0.717, 1.165) is 30.4 Å². The van der Waals surface area contributed by atoms with Gasteiger partial charge in [0.25, 0.3) is 5.91 Å². The number of fused-ring (bicyclic) bond motifs is 1. The van der Waals surface area contributed by atoms with Crippen LogP contribution in [0.1, 0.15) is 111 Å². The lowest BCUT2D eigenvalue weighted by Gasteiger charge is -2.41. The van der Waals surface area contributed by atoms with Crippen LogP contribution < -0.4 is 21.3 Å². The zero-order valence-electron chi connectivity index (χ0n) is 35.3. The topological polar surface area (TPSA) is 200 Å². The third-order valence-electron chi connectivity index (χ3n) is 11.3. The van der Waals surface area contributed by atoms with Gasteiger partial charge in [0.15, 0.2) is 9.84 Å².